The van der Waals surface area contributed by atoms with E-state index >= 15 is 0 Å². The van der Waals surface area contributed by atoms with E-state index in [1.807, 2.05) is 0 Å². The molecule has 8 heteroatoms. The van der Waals surface area contributed by atoms with Gasteiger partial charge in [-0.2, -0.15) is 18.2 Å². The number of hydrogen-bond acceptors (Lipinski definition) is 4. The van der Waals surface area contributed by atoms with E-state index in [1.54, 1.807) is 0 Å². The molecule has 0 fully saturated rings. The van der Waals surface area contributed by atoms with Crippen molar-refractivity contribution >= 4 is 22.8 Å². The molecule has 3 rings (SSSR count). The number of alkyl halides is 3. The lowest BCUT2D eigenvalue weighted by Crippen LogP contribution is -2.05. The Morgan fingerprint density at radius 2 is 2.00 bits per heavy atom. The number of nitrogens with zero attached hydrogens (tertiary/aromatic N) is 3. The number of halogens is 3. The topological polar surface area (TPSA) is 66.5 Å². The Balaban J connectivity index is 1.90. The summed E-state index contributed by atoms with van der Waals surface area (Å²) < 4.78 is 37.8. The van der Waals surface area contributed by atoms with Gasteiger partial charge in [0.15, 0.2) is 5.65 Å². The molecule has 0 aliphatic carbocycles. The maximum atomic E-state index is 12.6. The SMILES string of the molecule is FC(F)(F)c1cccc(Nc2ncc3[nH]cnc3n2)c1. The van der Waals surface area contributed by atoms with Crippen LogP contribution in [-0.4, -0.2) is 19.9 Å². The number of H-pyrrole nitrogens is 1. The van der Waals surface area contributed by atoms with E-state index in [4.69, 9.17) is 0 Å². The monoisotopic (exact) mass is 279 g/mol. The number of aromatic amines is 1. The fourth-order valence-electron chi connectivity index (χ4n) is 1.70. The second-order valence-electron chi connectivity index (χ2n) is 4.04. The Hall–Kier alpha value is -2.64. The van der Waals surface area contributed by atoms with Gasteiger partial charge in [0.25, 0.3) is 0 Å². The number of imidazole rings is 1. The lowest BCUT2D eigenvalue weighted by Gasteiger charge is -2.09. The molecule has 0 saturated carbocycles. The van der Waals surface area contributed by atoms with E-state index in [9.17, 15) is 13.2 Å². The Kier molecular flexibility index (Phi) is 2.78. The zero-order valence-corrected chi connectivity index (χ0v) is 9.94. The molecule has 0 aliphatic heterocycles. The maximum absolute atomic E-state index is 12.6. The van der Waals surface area contributed by atoms with Crippen molar-refractivity contribution in [3.05, 3.63) is 42.4 Å². The lowest BCUT2D eigenvalue weighted by molar-refractivity contribution is -0.137. The molecule has 0 spiro atoms. The minimum Gasteiger partial charge on any atom is -0.342 e. The van der Waals surface area contributed by atoms with Crippen molar-refractivity contribution in [3.63, 3.8) is 0 Å². The van der Waals surface area contributed by atoms with Crippen LogP contribution in [0.2, 0.25) is 0 Å². The number of fused-ring (bicyclic) bond motifs is 1. The van der Waals surface area contributed by atoms with Crippen LogP contribution < -0.4 is 5.32 Å². The first-order valence-corrected chi connectivity index (χ1v) is 5.63. The summed E-state index contributed by atoms with van der Waals surface area (Å²) in [5.74, 6) is 0.184. The molecular formula is C12H8F3N5. The number of rotatable bonds is 2. The summed E-state index contributed by atoms with van der Waals surface area (Å²) in [6.45, 7) is 0. The van der Waals surface area contributed by atoms with Crippen LogP contribution in [0.5, 0.6) is 0 Å². The second-order valence-corrected chi connectivity index (χ2v) is 4.04. The van der Waals surface area contributed by atoms with Crippen LogP contribution in [0.4, 0.5) is 24.8 Å². The Morgan fingerprint density at radius 1 is 1.15 bits per heavy atom. The van der Waals surface area contributed by atoms with Crippen molar-refractivity contribution in [2.75, 3.05) is 5.32 Å². The van der Waals surface area contributed by atoms with Gasteiger partial charge in [-0.3, -0.25) is 0 Å². The molecule has 2 heterocycles. The van der Waals surface area contributed by atoms with E-state index in [0.717, 1.165) is 12.1 Å². The molecule has 0 saturated heterocycles. The van der Waals surface area contributed by atoms with Crippen molar-refractivity contribution in [2.45, 2.75) is 6.18 Å². The summed E-state index contributed by atoms with van der Waals surface area (Å²) in [7, 11) is 0. The smallest absolute Gasteiger partial charge is 0.342 e. The van der Waals surface area contributed by atoms with Gasteiger partial charge < -0.3 is 10.3 Å². The lowest BCUT2D eigenvalue weighted by atomic mass is 10.2. The van der Waals surface area contributed by atoms with Crippen molar-refractivity contribution in [2.24, 2.45) is 0 Å². The zero-order chi connectivity index (χ0) is 14.2. The third-order valence-electron chi connectivity index (χ3n) is 2.62. The van der Waals surface area contributed by atoms with Gasteiger partial charge in [-0.15, -0.1) is 0 Å². The van der Waals surface area contributed by atoms with Gasteiger partial charge in [0.05, 0.1) is 18.1 Å². The standard InChI is InChI=1S/C12H8F3N5/c13-12(14,15)7-2-1-3-8(4-7)19-11-16-5-9-10(20-11)18-6-17-9/h1-6H,(H2,16,17,18,19,20). The number of benzene rings is 1. The molecule has 0 unspecified atom stereocenters. The van der Waals surface area contributed by atoms with E-state index in [2.05, 4.69) is 25.3 Å². The third-order valence-corrected chi connectivity index (χ3v) is 2.62. The highest BCUT2D eigenvalue weighted by atomic mass is 19.4. The number of hydrogen-bond donors (Lipinski definition) is 2. The summed E-state index contributed by atoms with van der Waals surface area (Å²) in [4.78, 5) is 14.8. The molecule has 2 N–H and O–H groups in total. The summed E-state index contributed by atoms with van der Waals surface area (Å²) in [6.07, 6.45) is -1.41. The molecule has 5 nitrogen and oxygen atoms in total. The molecule has 3 aromatic rings. The largest absolute Gasteiger partial charge is 0.416 e. The van der Waals surface area contributed by atoms with Crippen LogP contribution in [0.3, 0.4) is 0 Å². The van der Waals surface area contributed by atoms with Crippen molar-refractivity contribution in [1.29, 1.82) is 0 Å². The van der Waals surface area contributed by atoms with Crippen molar-refractivity contribution < 1.29 is 13.2 Å². The van der Waals surface area contributed by atoms with Crippen LogP contribution >= 0.6 is 0 Å². The van der Waals surface area contributed by atoms with Crippen LogP contribution in [0.15, 0.2) is 36.8 Å². The van der Waals surface area contributed by atoms with Gasteiger partial charge in [-0.05, 0) is 18.2 Å². The van der Waals surface area contributed by atoms with Gasteiger partial charge >= 0.3 is 6.18 Å². The van der Waals surface area contributed by atoms with E-state index in [-0.39, 0.29) is 11.6 Å². The summed E-state index contributed by atoms with van der Waals surface area (Å²) in [6, 6.07) is 4.83. The molecule has 0 atom stereocenters. The molecule has 102 valence electrons. The molecule has 1 aromatic carbocycles. The quantitative estimate of drug-likeness (QED) is 0.756. The molecule has 0 bridgehead atoms. The van der Waals surface area contributed by atoms with Crippen LogP contribution in [0.1, 0.15) is 5.56 Å². The molecule has 0 amide bonds. The normalized spacial score (nSPS) is 11.8. The Morgan fingerprint density at radius 3 is 2.80 bits per heavy atom. The predicted molar refractivity (Wildman–Crippen MR) is 66.4 cm³/mol. The first kappa shape index (κ1) is 12.4. The highest BCUT2D eigenvalue weighted by Gasteiger charge is 2.30. The first-order valence-electron chi connectivity index (χ1n) is 5.63. The first-order chi connectivity index (χ1) is 9.52. The highest BCUT2D eigenvalue weighted by molar-refractivity contribution is 5.70. The summed E-state index contributed by atoms with van der Waals surface area (Å²) >= 11 is 0. The molecule has 2 aromatic heterocycles. The Bertz CT molecular complexity index is 750. The molecule has 0 radical (unpaired) electrons. The number of anilines is 2. The fraction of sp³-hybridized carbons (Fsp3) is 0.0833. The zero-order valence-electron chi connectivity index (χ0n) is 9.94. The van der Waals surface area contributed by atoms with Gasteiger partial charge in [0, 0.05) is 5.69 Å². The van der Waals surface area contributed by atoms with Crippen LogP contribution in [0, 0.1) is 0 Å². The van der Waals surface area contributed by atoms with E-state index < -0.39 is 11.7 Å². The summed E-state index contributed by atoms with van der Waals surface area (Å²) in [5, 5.41) is 2.72. The minimum absolute atomic E-state index is 0.184. The number of aromatic nitrogens is 4. The minimum atomic E-state index is -4.38. The fourth-order valence-corrected chi connectivity index (χ4v) is 1.70. The molecular weight excluding hydrogens is 271 g/mol. The van der Waals surface area contributed by atoms with Gasteiger partial charge in [-0.1, -0.05) is 6.07 Å². The average molecular weight is 279 g/mol. The van der Waals surface area contributed by atoms with Crippen molar-refractivity contribution in [3.8, 4) is 0 Å². The van der Waals surface area contributed by atoms with Gasteiger partial charge in [0.1, 0.15) is 5.52 Å². The highest BCUT2D eigenvalue weighted by Crippen LogP contribution is 2.31. The van der Waals surface area contributed by atoms with Gasteiger partial charge in [0.2, 0.25) is 5.95 Å². The average Bonchev–Trinajstić information content (AvgIpc) is 2.85. The summed E-state index contributed by atoms with van der Waals surface area (Å²) in [5.41, 5.74) is 0.618. The number of nitrogens with one attached hydrogen (secondary N) is 2. The van der Waals surface area contributed by atoms with Crippen LogP contribution in [0.25, 0.3) is 11.2 Å². The maximum Gasteiger partial charge on any atom is 0.416 e. The van der Waals surface area contributed by atoms with Crippen molar-refractivity contribution in [1.82, 2.24) is 19.9 Å². The van der Waals surface area contributed by atoms with Gasteiger partial charge in [-0.25, -0.2) is 9.97 Å². The third kappa shape index (κ3) is 2.40. The molecule has 20 heavy (non-hydrogen) atoms. The van der Waals surface area contributed by atoms with E-state index in [0.29, 0.717) is 11.2 Å². The molecule has 0 aliphatic rings. The van der Waals surface area contributed by atoms with E-state index in [1.165, 1.54) is 24.7 Å². The van der Waals surface area contributed by atoms with Crippen LogP contribution in [-0.2, 0) is 6.18 Å². The Labute approximate surface area is 110 Å². The second kappa shape index (κ2) is 4.48. The predicted octanol–water partition coefficient (Wildman–Crippen LogP) is 3.12.